The van der Waals surface area contributed by atoms with E-state index in [-0.39, 0.29) is 57.3 Å². The molecular formula is C5H4KNO3. The van der Waals surface area contributed by atoms with Gasteiger partial charge in [0.2, 0.25) is 5.89 Å². The molecule has 0 unspecified atom stereocenters. The van der Waals surface area contributed by atoms with Crippen molar-refractivity contribution in [3.05, 3.63) is 17.8 Å². The summed E-state index contributed by atoms with van der Waals surface area (Å²) in [5.74, 6) is -1.29. The van der Waals surface area contributed by atoms with Gasteiger partial charge in [-0.3, -0.25) is 0 Å². The molecule has 0 bridgehead atoms. The van der Waals surface area contributed by atoms with Crippen LogP contribution >= 0.6 is 0 Å². The van der Waals surface area contributed by atoms with Gasteiger partial charge in [-0.25, -0.2) is 4.98 Å². The zero-order valence-corrected chi connectivity index (χ0v) is 8.87. The number of hydrogen-bond donors (Lipinski definition) is 0. The van der Waals surface area contributed by atoms with Crippen LogP contribution in [0.5, 0.6) is 0 Å². The molecule has 0 aliphatic carbocycles. The molecule has 0 atom stereocenters. The summed E-state index contributed by atoms with van der Waals surface area (Å²) < 4.78 is 4.57. The standard InChI is InChI=1S/C5H5NO3.K/c1-3-2-6-4(9-3)5(7)8;/h2H,1H3,(H,7,8);/q;+1/p-1. The molecule has 0 amide bonds. The van der Waals surface area contributed by atoms with E-state index in [4.69, 9.17) is 0 Å². The van der Waals surface area contributed by atoms with Crippen LogP contribution in [0.2, 0.25) is 0 Å². The maximum Gasteiger partial charge on any atom is 1.00 e. The normalized spacial score (nSPS) is 8.50. The van der Waals surface area contributed by atoms with Crippen LogP contribution in [0.3, 0.4) is 0 Å². The Morgan fingerprint density at radius 2 is 2.40 bits per heavy atom. The van der Waals surface area contributed by atoms with E-state index in [1.54, 1.807) is 6.92 Å². The van der Waals surface area contributed by atoms with Crippen LogP contribution in [0, 0.1) is 6.92 Å². The fourth-order valence-electron chi connectivity index (χ4n) is 0.449. The summed E-state index contributed by atoms with van der Waals surface area (Å²) in [4.78, 5) is 13.3. The Balaban J connectivity index is 0.000000810. The minimum atomic E-state index is -1.39. The predicted molar refractivity (Wildman–Crippen MR) is 25.6 cm³/mol. The minimum Gasteiger partial charge on any atom is -0.540 e. The van der Waals surface area contributed by atoms with Gasteiger partial charge in [0, 0.05) is 0 Å². The van der Waals surface area contributed by atoms with Crippen molar-refractivity contribution >= 4 is 5.97 Å². The summed E-state index contributed by atoms with van der Waals surface area (Å²) in [6.07, 6.45) is 1.32. The van der Waals surface area contributed by atoms with E-state index >= 15 is 0 Å². The molecule has 0 aromatic carbocycles. The van der Waals surface area contributed by atoms with Crippen molar-refractivity contribution < 1.29 is 65.7 Å². The maximum absolute atomic E-state index is 9.95. The molecular weight excluding hydrogens is 161 g/mol. The molecule has 4 nitrogen and oxygen atoms in total. The van der Waals surface area contributed by atoms with E-state index in [1.165, 1.54) is 6.20 Å². The molecule has 0 aliphatic rings. The number of carbonyl (C=O) groups is 1. The molecule has 1 heterocycles. The number of hydrogen-bond acceptors (Lipinski definition) is 4. The fourth-order valence-corrected chi connectivity index (χ4v) is 0.449. The second-order valence-electron chi connectivity index (χ2n) is 1.56. The van der Waals surface area contributed by atoms with Gasteiger partial charge >= 0.3 is 51.4 Å². The van der Waals surface area contributed by atoms with Crippen LogP contribution in [0.4, 0.5) is 0 Å². The second kappa shape index (κ2) is 4.25. The Morgan fingerprint density at radius 3 is 2.60 bits per heavy atom. The van der Waals surface area contributed by atoms with Crippen LogP contribution in [-0.4, -0.2) is 11.0 Å². The molecule has 10 heavy (non-hydrogen) atoms. The molecule has 5 heteroatoms. The molecule has 0 N–H and O–H groups in total. The molecule has 0 radical (unpaired) electrons. The Morgan fingerprint density at radius 1 is 1.80 bits per heavy atom. The third-order valence-corrected chi connectivity index (χ3v) is 0.796. The van der Waals surface area contributed by atoms with Gasteiger partial charge in [0.15, 0.2) is 0 Å². The number of aromatic nitrogens is 1. The first-order chi connectivity index (χ1) is 4.20. The first-order valence-corrected chi connectivity index (χ1v) is 2.34. The maximum atomic E-state index is 9.95. The summed E-state index contributed by atoms with van der Waals surface area (Å²) in [5.41, 5.74) is 0. The summed E-state index contributed by atoms with van der Waals surface area (Å²) >= 11 is 0. The third kappa shape index (κ3) is 2.51. The smallest absolute Gasteiger partial charge is 0.540 e. The van der Waals surface area contributed by atoms with Crippen molar-refractivity contribution in [1.29, 1.82) is 0 Å². The molecule has 1 aromatic rings. The summed E-state index contributed by atoms with van der Waals surface area (Å²) in [7, 11) is 0. The van der Waals surface area contributed by atoms with Crippen LogP contribution < -0.4 is 56.5 Å². The molecule has 0 aliphatic heterocycles. The number of nitrogens with zero attached hydrogens (tertiary/aromatic N) is 1. The van der Waals surface area contributed by atoms with Crippen LogP contribution in [0.25, 0.3) is 0 Å². The van der Waals surface area contributed by atoms with Gasteiger partial charge in [0.1, 0.15) is 11.7 Å². The fraction of sp³-hybridized carbons (Fsp3) is 0.200. The SMILES string of the molecule is Cc1cnc(C(=O)[O-])o1.[K+]. The summed E-state index contributed by atoms with van der Waals surface area (Å²) in [6.45, 7) is 1.61. The van der Waals surface area contributed by atoms with E-state index in [1.807, 2.05) is 0 Å². The van der Waals surface area contributed by atoms with Gasteiger partial charge in [-0.1, -0.05) is 0 Å². The van der Waals surface area contributed by atoms with Crippen molar-refractivity contribution in [2.45, 2.75) is 6.92 Å². The molecule has 0 spiro atoms. The van der Waals surface area contributed by atoms with E-state index in [0.29, 0.717) is 5.76 Å². The largest absolute Gasteiger partial charge is 1.00 e. The van der Waals surface area contributed by atoms with Gasteiger partial charge in [0.05, 0.1) is 6.20 Å². The molecule has 1 rings (SSSR count). The average Bonchev–Trinajstić information content (AvgIpc) is 2.14. The Kier molecular flexibility index (Phi) is 4.38. The van der Waals surface area contributed by atoms with E-state index in [2.05, 4.69) is 9.40 Å². The Bertz CT molecular complexity index is 233. The van der Waals surface area contributed by atoms with Crippen LogP contribution in [-0.2, 0) is 0 Å². The van der Waals surface area contributed by atoms with Crippen molar-refractivity contribution in [1.82, 2.24) is 4.98 Å². The van der Waals surface area contributed by atoms with E-state index in [0.717, 1.165) is 0 Å². The van der Waals surface area contributed by atoms with E-state index < -0.39 is 5.97 Å². The number of rotatable bonds is 1. The van der Waals surface area contributed by atoms with Crippen LogP contribution in [0.15, 0.2) is 10.6 Å². The number of carboxylic acids is 1. The monoisotopic (exact) mass is 165 g/mol. The zero-order valence-electron chi connectivity index (χ0n) is 5.75. The molecule has 0 fully saturated rings. The number of aryl methyl sites for hydroxylation is 1. The number of carboxylic acid groups (broad SMARTS) is 1. The number of aromatic carboxylic acids is 1. The van der Waals surface area contributed by atoms with Gasteiger partial charge < -0.3 is 14.3 Å². The van der Waals surface area contributed by atoms with Gasteiger partial charge in [-0.2, -0.15) is 0 Å². The number of oxazole rings is 1. The van der Waals surface area contributed by atoms with Gasteiger partial charge in [-0.05, 0) is 6.92 Å². The van der Waals surface area contributed by atoms with Crippen LogP contribution in [0.1, 0.15) is 16.4 Å². The molecule has 0 saturated carbocycles. The van der Waals surface area contributed by atoms with Crippen molar-refractivity contribution in [3.8, 4) is 0 Å². The second-order valence-corrected chi connectivity index (χ2v) is 1.56. The predicted octanol–water partition coefficient (Wildman–Crippen LogP) is -3.65. The topological polar surface area (TPSA) is 66.2 Å². The van der Waals surface area contributed by atoms with Gasteiger partial charge in [-0.15, -0.1) is 0 Å². The Hall–Kier alpha value is 0.316. The first-order valence-electron chi connectivity index (χ1n) is 2.34. The third-order valence-electron chi connectivity index (χ3n) is 0.796. The van der Waals surface area contributed by atoms with Crippen molar-refractivity contribution in [2.75, 3.05) is 0 Å². The zero-order chi connectivity index (χ0) is 6.85. The first kappa shape index (κ1) is 10.3. The molecule has 0 saturated heterocycles. The van der Waals surface area contributed by atoms with Crippen molar-refractivity contribution in [3.63, 3.8) is 0 Å². The van der Waals surface area contributed by atoms with E-state index in [9.17, 15) is 9.90 Å². The van der Waals surface area contributed by atoms with Gasteiger partial charge in [0.25, 0.3) is 0 Å². The minimum absolute atomic E-state index is 0. The quantitative estimate of drug-likeness (QED) is 0.402. The molecule has 1 aromatic heterocycles. The molecule has 48 valence electrons. The average molecular weight is 165 g/mol. The number of carbonyl (C=O) groups excluding carboxylic acids is 1. The van der Waals surface area contributed by atoms with Crippen molar-refractivity contribution in [2.24, 2.45) is 0 Å². The Labute approximate surface area is 100 Å². The summed E-state index contributed by atoms with van der Waals surface area (Å²) in [6, 6.07) is 0. The summed E-state index contributed by atoms with van der Waals surface area (Å²) in [5, 5.41) is 9.95.